The maximum atomic E-state index is 13.2. The number of hydrogen-bond donors (Lipinski definition) is 1. The molecular formula is C25H31NO3. The second-order valence-corrected chi connectivity index (χ2v) is 8.54. The Kier molecular flexibility index (Phi) is 6.73. The fourth-order valence-corrected chi connectivity index (χ4v) is 3.81. The fraction of sp³-hybridized carbons (Fsp3) is 0.440. The van der Waals surface area contributed by atoms with E-state index in [0.29, 0.717) is 11.3 Å². The molecule has 1 amide bonds. The normalized spacial score (nSPS) is 15.7. The summed E-state index contributed by atoms with van der Waals surface area (Å²) in [5.74, 6) is 1.59. The number of nitrogens with one attached hydrogen (secondary N) is 1. The number of rotatable bonds is 8. The van der Waals surface area contributed by atoms with Gasteiger partial charge >= 0.3 is 0 Å². The van der Waals surface area contributed by atoms with Crippen LogP contribution in [0.25, 0.3) is 0 Å². The predicted molar refractivity (Wildman–Crippen MR) is 115 cm³/mol. The molecule has 0 radical (unpaired) electrons. The highest BCUT2D eigenvalue weighted by Crippen LogP contribution is 2.33. The van der Waals surface area contributed by atoms with Crippen LogP contribution in [-0.4, -0.2) is 17.7 Å². The largest absolute Gasteiger partial charge is 0.457 e. The molecule has 1 aliphatic rings. The van der Waals surface area contributed by atoms with Gasteiger partial charge in [-0.2, -0.15) is 0 Å². The van der Waals surface area contributed by atoms with Crippen LogP contribution in [-0.2, 0) is 4.79 Å². The van der Waals surface area contributed by atoms with Crippen molar-refractivity contribution in [2.45, 2.75) is 58.9 Å². The standard InChI is InChI=1S/C25H31NO3/c1-4-25(2,3)23(27)22(18-10-8-9-11-18)26-24(28)19-14-16-21(17-15-19)29-20-12-6-5-7-13-20/h5-7,12-18,22H,4,8-11H2,1-3H3,(H,26,28)/t22-/m0/s1. The van der Waals surface area contributed by atoms with Crippen molar-refractivity contribution in [1.29, 1.82) is 0 Å². The van der Waals surface area contributed by atoms with Crippen LogP contribution in [0.4, 0.5) is 0 Å². The molecule has 0 heterocycles. The molecule has 154 valence electrons. The summed E-state index contributed by atoms with van der Waals surface area (Å²) in [4.78, 5) is 26.1. The molecule has 29 heavy (non-hydrogen) atoms. The van der Waals surface area contributed by atoms with Gasteiger partial charge < -0.3 is 10.1 Å². The van der Waals surface area contributed by atoms with E-state index in [4.69, 9.17) is 4.74 Å². The molecule has 1 atom stereocenters. The van der Waals surface area contributed by atoms with Crippen LogP contribution >= 0.6 is 0 Å². The number of ether oxygens (including phenoxy) is 1. The fourth-order valence-electron chi connectivity index (χ4n) is 3.81. The number of para-hydroxylation sites is 1. The Bertz CT molecular complexity index is 821. The number of amides is 1. The van der Waals surface area contributed by atoms with Crippen molar-refractivity contribution in [2.75, 3.05) is 0 Å². The Morgan fingerprint density at radius 2 is 1.59 bits per heavy atom. The van der Waals surface area contributed by atoms with Gasteiger partial charge in [-0.1, -0.05) is 51.8 Å². The predicted octanol–water partition coefficient (Wildman–Crippen LogP) is 5.77. The summed E-state index contributed by atoms with van der Waals surface area (Å²) in [7, 11) is 0. The lowest BCUT2D eigenvalue weighted by Gasteiger charge is -2.31. The van der Waals surface area contributed by atoms with Crippen LogP contribution in [0.2, 0.25) is 0 Å². The second kappa shape index (κ2) is 9.25. The summed E-state index contributed by atoms with van der Waals surface area (Å²) in [6, 6.07) is 16.2. The van der Waals surface area contributed by atoms with Crippen LogP contribution in [0, 0.1) is 11.3 Å². The molecule has 4 nitrogen and oxygen atoms in total. The number of ketones is 1. The van der Waals surface area contributed by atoms with Crippen LogP contribution in [0.3, 0.4) is 0 Å². The van der Waals surface area contributed by atoms with Gasteiger partial charge in [-0.3, -0.25) is 9.59 Å². The number of Topliss-reactive ketones (excluding diaryl/α,β-unsaturated/α-hetero) is 1. The molecule has 0 aliphatic heterocycles. The minimum absolute atomic E-state index is 0.143. The molecule has 0 spiro atoms. The Labute approximate surface area is 173 Å². The van der Waals surface area contributed by atoms with E-state index in [9.17, 15) is 9.59 Å². The van der Waals surface area contributed by atoms with Crippen molar-refractivity contribution >= 4 is 11.7 Å². The summed E-state index contributed by atoms with van der Waals surface area (Å²) in [5.41, 5.74) is 0.101. The van der Waals surface area contributed by atoms with Gasteiger partial charge in [-0.15, -0.1) is 0 Å². The number of benzene rings is 2. The van der Waals surface area contributed by atoms with Crippen molar-refractivity contribution in [3.8, 4) is 11.5 Å². The van der Waals surface area contributed by atoms with E-state index >= 15 is 0 Å². The molecule has 0 aromatic heterocycles. The zero-order valence-electron chi connectivity index (χ0n) is 17.6. The Morgan fingerprint density at radius 3 is 2.17 bits per heavy atom. The first-order valence-corrected chi connectivity index (χ1v) is 10.6. The minimum atomic E-state index is -0.437. The van der Waals surface area contributed by atoms with Crippen molar-refractivity contribution < 1.29 is 14.3 Å². The average Bonchev–Trinajstić information content (AvgIpc) is 3.27. The van der Waals surface area contributed by atoms with E-state index < -0.39 is 11.5 Å². The summed E-state index contributed by atoms with van der Waals surface area (Å²) >= 11 is 0. The lowest BCUT2D eigenvalue weighted by atomic mass is 9.77. The lowest BCUT2D eigenvalue weighted by molar-refractivity contribution is -0.130. The number of carbonyl (C=O) groups excluding carboxylic acids is 2. The molecular weight excluding hydrogens is 362 g/mol. The maximum Gasteiger partial charge on any atom is 0.251 e. The van der Waals surface area contributed by atoms with Crippen molar-refractivity contribution in [3.05, 3.63) is 60.2 Å². The van der Waals surface area contributed by atoms with Gasteiger partial charge in [0.15, 0.2) is 5.78 Å². The lowest BCUT2D eigenvalue weighted by Crippen LogP contribution is -2.50. The molecule has 0 unspecified atom stereocenters. The third-order valence-electron chi connectivity index (χ3n) is 6.09. The van der Waals surface area contributed by atoms with Gasteiger partial charge in [0.1, 0.15) is 11.5 Å². The van der Waals surface area contributed by atoms with Crippen LogP contribution in [0.5, 0.6) is 11.5 Å². The third-order valence-corrected chi connectivity index (χ3v) is 6.09. The first-order valence-electron chi connectivity index (χ1n) is 10.6. The number of hydrogen-bond acceptors (Lipinski definition) is 3. The zero-order valence-corrected chi connectivity index (χ0v) is 17.6. The summed E-state index contributed by atoms with van der Waals surface area (Å²) in [6.45, 7) is 5.97. The Balaban J connectivity index is 1.71. The smallest absolute Gasteiger partial charge is 0.251 e. The van der Waals surface area contributed by atoms with E-state index in [-0.39, 0.29) is 17.6 Å². The van der Waals surface area contributed by atoms with Gasteiger partial charge in [0, 0.05) is 11.0 Å². The van der Waals surface area contributed by atoms with Crippen LogP contribution in [0.1, 0.15) is 63.2 Å². The highest BCUT2D eigenvalue weighted by atomic mass is 16.5. The molecule has 3 rings (SSSR count). The van der Waals surface area contributed by atoms with E-state index in [2.05, 4.69) is 5.32 Å². The molecule has 0 bridgehead atoms. The Hall–Kier alpha value is -2.62. The quantitative estimate of drug-likeness (QED) is 0.619. The third kappa shape index (κ3) is 5.26. The topological polar surface area (TPSA) is 55.4 Å². The molecule has 2 aromatic rings. The molecule has 1 saturated carbocycles. The first kappa shape index (κ1) is 21.1. The summed E-state index contributed by atoms with van der Waals surface area (Å²) < 4.78 is 5.79. The van der Waals surface area contributed by atoms with Crippen molar-refractivity contribution in [1.82, 2.24) is 5.32 Å². The molecule has 1 fully saturated rings. The molecule has 1 N–H and O–H groups in total. The zero-order chi connectivity index (χ0) is 20.9. The SMILES string of the molecule is CCC(C)(C)C(=O)[C@@H](NC(=O)c1ccc(Oc2ccccc2)cc1)C1CCCC1. The molecule has 2 aromatic carbocycles. The summed E-state index contributed by atoms with van der Waals surface area (Å²) in [6.07, 6.45) is 5.02. The average molecular weight is 394 g/mol. The summed E-state index contributed by atoms with van der Waals surface area (Å²) in [5, 5.41) is 3.06. The first-order chi connectivity index (χ1) is 13.9. The molecule has 1 aliphatic carbocycles. The van der Waals surface area contributed by atoms with Gasteiger partial charge in [0.2, 0.25) is 0 Å². The van der Waals surface area contributed by atoms with Crippen LogP contribution in [0.15, 0.2) is 54.6 Å². The van der Waals surface area contributed by atoms with E-state index in [0.717, 1.165) is 37.9 Å². The molecule has 0 saturated heterocycles. The maximum absolute atomic E-state index is 13.2. The highest BCUT2D eigenvalue weighted by molar-refractivity contribution is 5.99. The van der Waals surface area contributed by atoms with Crippen molar-refractivity contribution in [3.63, 3.8) is 0 Å². The van der Waals surface area contributed by atoms with Crippen molar-refractivity contribution in [2.24, 2.45) is 11.3 Å². The highest BCUT2D eigenvalue weighted by Gasteiger charge is 2.38. The van der Waals surface area contributed by atoms with Gasteiger partial charge in [-0.25, -0.2) is 0 Å². The number of carbonyl (C=O) groups is 2. The van der Waals surface area contributed by atoms with E-state index in [1.165, 1.54) is 0 Å². The van der Waals surface area contributed by atoms with Gasteiger partial charge in [-0.05, 0) is 61.6 Å². The Morgan fingerprint density at radius 1 is 1.00 bits per heavy atom. The van der Waals surface area contributed by atoms with Crippen LogP contribution < -0.4 is 10.1 Å². The second-order valence-electron chi connectivity index (χ2n) is 8.54. The molecule has 4 heteroatoms. The van der Waals surface area contributed by atoms with E-state index in [1.807, 2.05) is 51.1 Å². The van der Waals surface area contributed by atoms with Gasteiger partial charge in [0.05, 0.1) is 6.04 Å². The minimum Gasteiger partial charge on any atom is -0.457 e. The van der Waals surface area contributed by atoms with Gasteiger partial charge in [0.25, 0.3) is 5.91 Å². The monoisotopic (exact) mass is 393 g/mol. The van der Waals surface area contributed by atoms with E-state index in [1.54, 1.807) is 24.3 Å².